The number of hydrogen-bond donors (Lipinski definition) is 1. The Labute approximate surface area is 138 Å². The van der Waals surface area contributed by atoms with Gasteiger partial charge >= 0.3 is 0 Å². The molecule has 124 valence electrons. The van der Waals surface area contributed by atoms with E-state index in [2.05, 4.69) is 15.4 Å². The zero-order chi connectivity index (χ0) is 16.9. The standard InChI is InChI=1S/C17H18FN5O/c1-13-9-21-23(11-13)6-4-17(24)20-10-14-2-3-16(15(18)8-14)22-7-5-19-12-22/h2-3,5,7-9,11-12H,4,6,10H2,1H3,(H,20,24). The van der Waals surface area contributed by atoms with E-state index in [0.717, 1.165) is 5.56 Å². The van der Waals surface area contributed by atoms with Gasteiger partial charge in [0.25, 0.3) is 0 Å². The van der Waals surface area contributed by atoms with Gasteiger partial charge in [-0.2, -0.15) is 5.10 Å². The first-order valence-corrected chi connectivity index (χ1v) is 7.64. The van der Waals surface area contributed by atoms with E-state index in [-0.39, 0.29) is 18.3 Å². The maximum atomic E-state index is 14.1. The lowest BCUT2D eigenvalue weighted by molar-refractivity contribution is -0.121. The lowest BCUT2D eigenvalue weighted by Gasteiger charge is -2.08. The van der Waals surface area contributed by atoms with E-state index in [1.165, 1.54) is 12.4 Å². The lowest BCUT2D eigenvalue weighted by Crippen LogP contribution is -2.24. The molecular formula is C17H18FN5O. The fraction of sp³-hybridized carbons (Fsp3) is 0.235. The Kier molecular flexibility index (Phi) is 4.69. The summed E-state index contributed by atoms with van der Waals surface area (Å²) in [6.45, 7) is 2.76. The first-order chi connectivity index (χ1) is 11.6. The Bertz CT molecular complexity index is 825. The normalized spacial score (nSPS) is 10.8. The summed E-state index contributed by atoms with van der Waals surface area (Å²) < 4.78 is 17.5. The van der Waals surface area contributed by atoms with E-state index in [1.54, 1.807) is 40.0 Å². The van der Waals surface area contributed by atoms with Crippen LogP contribution in [0.5, 0.6) is 0 Å². The molecule has 24 heavy (non-hydrogen) atoms. The molecule has 0 aliphatic rings. The molecule has 0 spiro atoms. The molecule has 0 aliphatic heterocycles. The zero-order valence-corrected chi connectivity index (χ0v) is 13.3. The number of nitrogens with zero attached hydrogens (tertiary/aromatic N) is 4. The van der Waals surface area contributed by atoms with E-state index in [4.69, 9.17) is 0 Å². The Balaban J connectivity index is 1.52. The van der Waals surface area contributed by atoms with Crippen LogP contribution in [0, 0.1) is 12.7 Å². The highest BCUT2D eigenvalue weighted by molar-refractivity contribution is 5.75. The van der Waals surface area contributed by atoms with Gasteiger partial charge in [0.2, 0.25) is 5.91 Å². The molecule has 0 saturated carbocycles. The van der Waals surface area contributed by atoms with Crippen molar-refractivity contribution in [3.8, 4) is 5.69 Å². The average molecular weight is 327 g/mol. The molecule has 6 nitrogen and oxygen atoms in total. The number of halogens is 1. The van der Waals surface area contributed by atoms with Crippen molar-refractivity contribution >= 4 is 5.91 Å². The number of hydrogen-bond acceptors (Lipinski definition) is 3. The molecule has 1 aromatic carbocycles. The lowest BCUT2D eigenvalue weighted by atomic mass is 10.2. The largest absolute Gasteiger partial charge is 0.352 e. The first-order valence-electron chi connectivity index (χ1n) is 7.64. The monoisotopic (exact) mass is 327 g/mol. The number of amides is 1. The molecule has 2 heterocycles. The molecule has 2 aromatic heterocycles. The third-order valence-corrected chi connectivity index (χ3v) is 3.61. The van der Waals surface area contributed by atoms with Gasteiger partial charge in [-0.1, -0.05) is 6.07 Å². The molecule has 0 radical (unpaired) electrons. The van der Waals surface area contributed by atoms with Crippen molar-refractivity contribution in [2.45, 2.75) is 26.4 Å². The third-order valence-electron chi connectivity index (χ3n) is 3.61. The highest BCUT2D eigenvalue weighted by Crippen LogP contribution is 2.14. The maximum Gasteiger partial charge on any atom is 0.222 e. The molecule has 0 bridgehead atoms. The second kappa shape index (κ2) is 7.08. The van der Waals surface area contributed by atoms with E-state index in [1.807, 2.05) is 13.1 Å². The summed E-state index contributed by atoms with van der Waals surface area (Å²) in [5, 5.41) is 6.92. The highest BCUT2D eigenvalue weighted by atomic mass is 19.1. The number of nitrogens with one attached hydrogen (secondary N) is 1. The average Bonchev–Trinajstić information content (AvgIpc) is 3.23. The van der Waals surface area contributed by atoms with Gasteiger partial charge in [0, 0.05) is 38.1 Å². The zero-order valence-electron chi connectivity index (χ0n) is 13.3. The topological polar surface area (TPSA) is 64.7 Å². The fourth-order valence-corrected chi connectivity index (χ4v) is 2.37. The number of rotatable bonds is 6. The molecule has 1 N–H and O–H groups in total. The Morgan fingerprint density at radius 3 is 2.92 bits per heavy atom. The quantitative estimate of drug-likeness (QED) is 0.755. The molecule has 3 aromatic rings. The molecule has 1 amide bonds. The number of aryl methyl sites for hydroxylation is 2. The molecule has 7 heteroatoms. The van der Waals surface area contributed by atoms with Gasteiger partial charge < -0.3 is 9.88 Å². The Hall–Kier alpha value is -2.96. The molecule has 0 saturated heterocycles. The molecule has 0 unspecified atom stereocenters. The van der Waals surface area contributed by atoms with Crippen LogP contribution in [0.25, 0.3) is 5.69 Å². The highest BCUT2D eigenvalue weighted by Gasteiger charge is 2.07. The summed E-state index contributed by atoms with van der Waals surface area (Å²) in [6, 6.07) is 4.88. The van der Waals surface area contributed by atoms with Crippen LogP contribution in [0.1, 0.15) is 17.5 Å². The van der Waals surface area contributed by atoms with Gasteiger partial charge in [0.05, 0.1) is 18.2 Å². The summed E-state index contributed by atoms with van der Waals surface area (Å²) >= 11 is 0. The van der Waals surface area contributed by atoms with Crippen LogP contribution in [-0.2, 0) is 17.9 Å². The van der Waals surface area contributed by atoms with Gasteiger partial charge in [0.15, 0.2) is 0 Å². The predicted molar refractivity (Wildman–Crippen MR) is 86.9 cm³/mol. The Morgan fingerprint density at radius 1 is 1.38 bits per heavy atom. The van der Waals surface area contributed by atoms with Crippen LogP contribution in [0.2, 0.25) is 0 Å². The van der Waals surface area contributed by atoms with Gasteiger partial charge in [-0.05, 0) is 30.2 Å². The van der Waals surface area contributed by atoms with Crippen LogP contribution >= 0.6 is 0 Å². The SMILES string of the molecule is Cc1cnn(CCC(=O)NCc2ccc(-n3ccnc3)c(F)c2)c1. The van der Waals surface area contributed by atoms with Crippen molar-refractivity contribution in [3.63, 3.8) is 0 Å². The van der Waals surface area contributed by atoms with Gasteiger partial charge in [-0.15, -0.1) is 0 Å². The van der Waals surface area contributed by atoms with Crippen molar-refractivity contribution in [3.05, 3.63) is 66.3 Å². The molecule has 0 fully saturated rings. The van der Waals surface area contributed by atoms with Crippen LogP contribution in [0.15, 0.2) is 49.3 Å². The summed E-state index contributed by atoms with van der Waals surface area (Å²) in [7, 11) is 0. The molecule has 0 aliphatic carbocycles. The van der Waals surface area contributed by atoms with E-state index in [0.29, 0.717) is 24.2 Å². The fourth-order valence-electron chi connectivity index (χ4n) is 2.37. The molecule has 0 atom stereocenters. The number of carbonyl (C=O) groups is 1. The van der Waals surface area contributed by atoms with Crippen molar-refractivity contribution < 1.29 is 9.18 Å². The van der Waals surface area contributed by atoms with E-state index < -0.39 is 0 Å². The second-order valence-corrected chi connectivity index (χ2v) is 5.56. The van der Waals surface area contributed by atoms with Crippen LogP contribution in [-0.4, -0.2) is 25.2 Å². The minimum absolute atomic E-state index is 0.0951. The number of imidazole rings is 1. The summed E-state index contributed by atoms with van der Waals surface area (Å²) in [5.41, 5.74) is 2.19. The van der Waals surface area contributed by atoms with E-state index >= 15 is 0 Å². The minimum Gasteiger partial charge on any atom is -0.352 e. The summed E-state index contributed by atoms with van der Waals surface area (Å²) in [4.78, 5) is 15.8. The van der Waals surface area contributed by atoms with Gasteiger partial charge in [-0.3, -0.25) is 9.48 Å². The first kappa shape index (κ1) is 15.9. The van der Waals surface area contributed by atoms with Crippen LogP contribution in [0.4, 0.5) is 4.39 Å². The van der Waals surface area contributed by atoms with Crippen LogP contribution < -0.4 is 5.32 Å². The van der Waals surface area contributed by atoms with Crippen molar-refractivity contribution in [1.29, 1.82) is 0 Å². The number of aromatic nitrogens is 4. The number of carbonyl (C=O) groups excluding carboxylic acids is 1. The van der Waals surface area contributed by atoms with E-state index in [9.17, 15) is 9.18 Å². The van der Waals surface area contributed by atoms with Crippen molar-refractivity contribution in [2.75, 3.05) is 0 Å². The smallest absolute Gasteiger partial charge is 0.222 e. The maximum absolute atomic E-state index is 14.1. The predicted octanol–water partition coefficient (Wildman–Crippen LogP) is 2.22. The van der Waals surface area contributed by atoms with Crippen LogP contribution in [0.3, 0.4) is 0 Å². The Morgan fingerprint density at radius 2 is 2.25 bits per heavy atom. The second-order valence-electron chi connectivity index (χ2n) is 5.56. The summed E-state index contributed by atoms with van der Waals surface area (Å²) in [5.74, 6) is -0.450. The van der Waals surface area contributed by atoms with Crippen molar-refractivity contribution in [1.82, 2.24) is 24.6 Å². The number of benzene rings is 1. The summed E-state index contributed by atoms with van der Waals surface area (Å²) in [6.07, 6.45) is 8.78. The molecule has 3 rings (SSSR count). The molecular weight excluding hydrogens is 309 g/mol. The van der Waals surface area contributed by atoms with Crippen molar-refractivity contribution in [2.24, 2.45) is 0 Å². The van der Waals surface area contributed by atoms with Gasteiger partial charge in [-0.25, -0.2) is 9.37 Å². The van der Waals surface area contributed by atoms with Gasteiger partial charge in [0.1, 0.15) is 5.82 Å². The third kappa shape index (κ3) is 3.87. The minimum atomic E-state index is -0.355.